The van der Waals surface area contributed by atoms with Crippen LogP contribution >= 0.6 is 0 Å². The zero-order chi connectivity index (χ0) is 16.9. The summed E-state index contributed by atoms with van der Waals surface area (Å²) in [5, 5.41) is 11.3. The van der Waals surface area contributed by atoms with E-state index in [0.717, 1.165) is 19.3 Å². The van der Waals surface area contributed by atoms with Crippen LogP contribution in [0.25, 0.3) is 0 Å². The van der Waals surface area contributed by atoms with Gasteiger partial charge in [-0.15, -0.1) is 0 Å². The van der Waals surface area contributed by atoms with Crippen molar-refractivity contribution in [2.75, 3.05) is 6.61 Å². The molecule has 7 nitrogen and oxygen atoms in total. The second kappa shape index (κ2) is 7.13. The number of hydrogen-bond donors (Lipinski definition) is 3. The summed E-state index contributed by atoms with van der Waals surface area (Å²) in [5.41, 5.74) is 4.87. The van der Waals surface area contributed by atoms with Crippen LogP contribution in [0.15, 0.2) is 24.3 Å². The molecule has 0 spiro atoms. The smallest absolute Gasteiger partial charge is 0.341 e. The van der Waals surface area contributed by atoms with E-state index in [2.05, 4.69) is 5.32 Å². The molecular weight excluding hydrogens is 300 g/mol. The molecule has 2 amide bonds. The van der Waals surface area contributed by atoms with E-state index in [4.69, 9.17) is 15.6 Å². The molecule has 0 unspecified atom stereocenters. The lowest BCUT2D eigenvalue weighted by atomic mass is 9.81. The van der Waals surface area contributed by atoms with E-state index < -0.39 is 24.0 Å². The van der Waals surface area contributed by atoms with Crippen LogP contribution in [0.1, 0.15) is 42.5 Å². The van der Waals surface area contributed by atoms with Gasteiger partial charge in [0.2, 0.25) is 5.91 Å². The summed E-state index contributed by atoms with van der Waals surface area (Å²) in [6.45, 7) is -0.448. The minimum Gasteiger partial charge on any atom is -0.482 e. The van der Waals surface area contributed by atoms with Gasteiger partial charge < -0.3 is 20.9 Å². The van der Waals surface area contributed by atoms with Gasteiger partial charge in [0, 0.05) is 5.56 Å². The number of nitrogens with two attached hydrogens (primary N) is 1. The molecule has 0 heterocycles. The van der Waals surface area contributed by atoms with Gasteiger partial charge in [-0.25, -0.2) is 4.79 Å². The Morgan fingerprint density at radius 1 is 1.13 bits per heavy atom. The average Bonchev–Trinajstić information content (AvgIpc) is 2.54. The average molecular weight is 320 g/mol. The van der Waals surface area contributed by atoms with Crippen molar-refractivity contribution in [2.24, 2.45) is 5.73 Å². The van der Waals surface area contributed by atoms with Crippen LogP contribution in [0.5, 0.6) is 5.75 Å². The summed E-state index contributed by atoms with van der Waals surface area (Å²) in [4.78, 5) is 34.6. The van der Waals surface area contributed by atoms with E-state index in [9.17, 15) is 14.4 Å². The molecule has 0 radical (unpaired) electrons. The number of carboxylic acid groups (broad SMARTS) is 1. The molecule has 0 aromatic heterocycles. The normalized spacial score (nSPS) is 16.3. The molecule has 0 saturated heterocycles. The quantitative estimate of drug-likeness (QED) is 0.724. The van der Waals surface area contributed by atoms with Crippen molar-refractivity contribution >= 4 is 17.8 Å². The second-order valence-corrected chi connectivity index (χ2v) is 5.67. The highest BCUT2D eigenvalue weighted by molar-refractivity contribution is 5.99. The number of hydrogen-bond acceptors (Lipinski definition) is 4. The first-order valence-corrected chi connectivity index (χ1v) is 7.50. The fraction of sp³-hybridized carbons (Fsp3) is 0.438. The van der Waals surface area contributed by atoms with Crippen molar-refractivity contribution in [1.29, 1.82) is 0 Å². The zero-order valence-corrected chi connectivity index (χ0v) is 12.7. The molecule has 1 aromatic carbocycles. The van der Waals surface area contributed by atoms with Gasteiger partial charge in [-0.05, 0) is 37.1 Å². The van der Waals surface area contributed by atoms with Gasteiger partial charge in [0.25, 0.3) is 5.91 Å². The molecule has 1 fully saturated rings. The molecule has 1 aliphatic carbocycles. The summed E-state index contributed by atoms with van der Waals surface area (Å²) in [5.74, 6) is -1.61. The van der Waals surface area contributed by atoms with Crippen molar-refractivity contribution in [3.63, 3.8) is 0 Å². The topological polar surface area (TPSA) is 119 Å². The highest BCUT2D eigenvalue weighted by Gasteiger charge is 2.39. The van der Waals surface area contributed by atoms with Crippen molar-refractivity contribution < 1.29 is 24.2 Å². The Kier molecular flexibility index (Phi) is 5.20. The minimum absolute atomic E-state index is 0.353. The molecule has 4 N–H and O–H groups in total. The summed E-state index contributed by atoms with van der Waals surface area (Å²) in [7, 11) is 0. The van der Waals surface area contributed by atoms with Crippen molar-refractivity contribution in [2.45, 2.75) is 37.6 Å². The number of ether oxygens (including phenoxy) is 1. The summed E-state index contributed by atoms with van der Waals surface area (Å²) >= 11 is 0. The predicted octanol–water partition coefficient (Wildman–Crippen LogP) is 1.07. The second-order valence-electron chi connectivity index (χ2n) is 5.67. The molecule has 0 aliphatic heterocycles. The number of carboxylic acids is 1. The summed E-state index contributed by atoms with van der Waals surface area (Å²) < 4.78 is 5.00. The number of amides is 2. The van der Waals surface area contributed by atoms with E-state index in [-0.39, 0.29) is 5.91 Å². The standard InChI is InChI=1S/C16H20N2O5/c17-15(22)16(8-2-1-3-9-16)18-14(21)11-4-6-12(7-5-11)23-10-13(19)20/h4-7H,1-3,8-10H2,(H2,17,22)(H,18,21)(H,19,20). The molecule has 1 aromatic rings. The van der Waals surface area contributed by atoms with Crippen LogP contribution < -0.4 is 15.8 Å². The monoisotopic (exact) mass is 320 g/mol. The lowest BCUT2D eigenvalue weighted by molar-refractivity contribution is -0.139. The van der Waals surface area contributed by atoms with Gasteiger partial charge in [-0.3, -0.25) is 9.59 Å². The van der Waals surface area contributed by atoms with Gasteiger partial charge in [0.05, 0.1) is 0 Å². The van der Waals surface area contributed by atoms with E-state index in [1.54, 1.807) is 0 Å². The number of carbonyl (C=O) groups excluding carboxylic acids is 2. The third kappa shape index (κ3) is 4.21. The maximum absolute atomic E-state index is 12.3. The fourth-order valence-electron chi connectivity index (χ4n) is 2.73. The van der Waals surface area contributed by atoms with E-state index in [1.807, 2.05) is 0 Å². The highest BCUT2D eigenvalue weighted by Crippen LogP contribution is 2.28. The van der Waals surface area contributed by atoms with Crippen LogP contribution in [0.3, 0.4) is 0 Å². The Morgan fingerprint density at radius 3 is 2.26 bits per heavy atom. The Morgan fingerprint density at radius 2 is 1.74 bits per heavy atom. The Balaban J connectivity index is 2.04. The molecule has 7 heteroatoms. The molecule has 2 rings (SSSR count). The van der Waals surface area contributed by atoms with Gasteiger partial charge in [-0.1, -0.05) is 19.3 Å². The molecule has 23 heavy (non-hydrogen) atoms. The molecule has 1 aliphatic rings. The summed E-state index contributed by atoms with van der Waals surface area (Å²) in [6, 6.07) is 6.05. The number of primary amides is 1. The van der Waals surface area contributed by atoms with Crippen molar-refractivity contribution in [3.05, 3.63) is 29.8 Å². The van der Waals surface area contributed by atoms with E-state index in [1.165, 1.54) is 24.3 Å². The van der Waals surface area contributed by atoms with E-state index in [0.29, 0.717) is 24.2 Å². The van der Waals surface area contributed by atoms with E-state index >= 15 is 0 Å². The highest BCUT2D eigenvalue weighted by atomic mass is 16.5. The first-order valence-electron chi connectivity index (χ1n) is 7.50. The van der Waals surface area contributed by atoms with Crippen LogP contribution in [0, 0.1) is 0 Å². The van der Waals surface area contributed by atoms with Gasteiger partial charge in [0.1, 0.15) is 11.3 Å². The van der Waals surface area contributed by atoms with Crippen LogP contribution in [-0.4, -0.2) is 35.0 Å². The summed E-state index contributed by atoms with van der Waals surface area (Å²) in [6.07, 6.45) is 3.83. The lowest BCUT2D eigenvalue weighted by Crippen LogP contribution is -2.58. The lowest BCUT2D eigenvalue weighted by Gasteiger charge is -2.35. The van der Waals surface area contributed by atoms with Crippen molar-refractivity contribution in [3.8, 4) is 5.75 Å². The van der Waals surface area contributed by atoms with Gasteiger partial charge >= 0.3 is 5.97 Å². The number of aliphatic carboxylic acids is 1. The SMILES string of the molecule is NC(=O)C1(NC(=O)c2ccc(OCC(=O)O)cc2)CCCCC1. The third-order valence-electron chi connectivity index (χ3n) is 4.01. The maximum atomic E-state index is 12.3. The number of benzene rings is 1. The predicted molar refractivity (Wildman–Crippen MR) is 82.0 cm³/mol. The number of rotatable bonds is 6. The zero-order valence-electron chi connectivity index (χ0n) is 12.7. The van der Waals surface area contributed by atoms with Crippen LogP contribution in [0.4, 0.5) is 0 Å². The van der Waals surface area contributed by atoms with Gasteiger partial charge in [0.15, 0.2) is 6.61 Å². The Bertz CT molecular complexity index is 591. The minimum atomic E-state index is -1.08. The third-order valence-corrected chi connectivity index (χ3v) is 4.01. The first-order chi connectivity index (χ1) is 10.9. The molecule has 0 bridgehead atoms. The Hall–Kier alpha value is -2.57. The van der Waals surface area contributed by atoms with Crippen LogP contribution in [0.2, 0.25) is 0 Å². The van der Waals surface area contributed by atoms with Crippen molar-refractivity contribution in [1.82, 2.24) is 5.32 Å². The fourth-order valence-corrected chi connectivity index (χ4v) is 2.73. The Labute approximate surface area is 133 Å². The molecule has 1 saturated carbocycles. The maximum Gasteiger partial charge on any atom is 0.341 e. The van der Waals surface area contributed by atoms with Gasteiger partial charge in [-0.2, -0.15) is 0 Å². The molecular formula is C16H20N2O5. The molecule has 0 atom stereocenters. The van der Waals surface area contributed by atoms with Crippen LogP contribution in [-0.2, 0) is 9.59 Å². The first kappa shape index (κ1) is 16.8. The number of carbonyl (C=O) groups is 3. The molecule has 124 valence electrons. The largest absolute Gasteiger partial charge is 0.482 e. The number of nitrogens with one attached hydrogen (secondary N) is 1.